The lowest BCUT2D eigenvalue weighted by atomic mass is 10.2. The number of fused-ring (bicyclic) bond motifs is 2. The number of hydrogen-bond donors (Lipinski definition) is 1. The molecule has 1 aromatic heterocycles. The lowest BCUT2D eigenvalue weighted by Gasteiger charge is -2.11. The minimum Gasteiger partial charge on any atom is -0.454 e. The SMILES string of the molecule is Cc1nc2cc(NC(=O)c3ccc4c(c3)OCO4)ccc2n1C(C)C. The van der Waals surface area contributed by atoms with E-state index in [0.29, 0.717) is 28.8 Å². The Morgan fingerprint density at radius 2 is 1.96 bits per heavy atom. The van der Waals surface area contributed by atoms with Gasteiger partial charge in [-0.25, -0.2) is 4.98 Å². The van der Waals surface area contributed by atoms with Crippen LogP contribution in [0.1, 0.15) is 36.1 Å². The molecule has 1 amide bonds. The zero-order valence-corrected chi connectivity index (χ0v) is 14.4. The van der Waals surface area contributed by atoms with Gasteiger partial charge in [-0.2, -0.15) is 0 Å². The summed E-state index contributed by atoms with van der Waals surface area (Å²) in [6, 6.07) is 11.3. The number of hydrogen-bond acceptors (Lipinski definition) is 4. The number of ether oxygens (including phenoxy) is 2. The van der Waals surface area contributed by atoms with Crippen LogP contribution in [-0.4, -0.2) is 22.3 Å². The predicted molar refractivity (Wildman–Crippen MR) is 95.4 cm³/mol. The van der Waals surface area contributed by atoms with Gasteiger partial charge in [0, 0.05) is 17.3 Å². The Balaban J connectivity index is 1.61. The molecule has 2 aromatic carbocycles. The van der Waals surface area contributed by atoms with Gasteiger partial charge in [0.25, 0.3) is 5.91 Å². The summed E-state index contributed by atoms with van der Waals surface area (Å²) >= 11 is 0. The topological polar surface area (TPSA) is 65.4 Å². The fourth-order valence-electron chi connectivity index (χ4n) is 3.19. The number of imidazole rings is 1. The van der Waals surface area contributed by atoms with Crippen LogP contribution in [0.4, 0.5) is 5.69 Å². The summed E-state index contributed by atoms with van der Waals surface area (Å²) < 4.78 is 12.8. The maximum atomic E-state index is 12.5. The molecule has 128 valence electrons. The second-order valence-electron chi connectivity index (χ2n) is 6.35. The number of aryl methyl sites for hydroxylation is 1. The Kier molecular flexibility index (Phi) is 3.60. The highest BCUT2D eigenvalue weighted by atomic mass is 16.7. The molecule has 6 nitrogen and oxygen atoms in total. The monoisotopic (exact) mass is 337 g/mol. The summed E-state index contributed by atoms with van der Waals surface area (Å²) in [6.45, 7) is 6.44. The first kappa shape index (κ1) is 15.5. The Morgan fingerprint density at radius 3 is 2.76 bits per heavy atom. The number of nitrogens with zero attached hydrogens (tertiary/aromatic N) is 2. The van der Waals surface area contributed by atoms with Crippen molar-refractivity contribution in [1.29, 1.82) is 0 Å². The molecule has 0 bridgehead atoms. The molecule has 0 saturated heterocycles. The van der Waals surface area contributed by atoms with Gasteiger partial charge in [0.1, 0.15) is 5.82 Å². The number of nitrogens with one attached hydrogen (secondary N) is 1. The van der Waals surface area contributed by atoms with Crippen LogP contribution in [0.15, 0.2) is 36.4 Å². The van der Waals surface area contributed by atoms with Crippen LogP contribution in [-0.2, 0) is 0 Å². The van der Waals surface area contributed by atoms with Crippen LogP contribution in [0.3, 0.4) is 0 Å². The predicted octanol–water partition coefficient (Wildman–Crippen LogP) is 3.91. The van der Waals surface area contributed by atoms with Gasteiger partial charge >= 0.3 is 0 Å². The maximum Gasteiger partial charge on any atom is 0.255 e. The molecule has 4 rings (SSSR count). The number of aromatic nitrogens is 2. The minimum absolute atomic E-state index is 0.189. The van der Waals surface area contributed by atoms with Crippen molar-refractivity contribution in [2.45, 2.75) is 26.8 Å². The highest BCUT2D eigenvalue weighted by Crippen LogP contribution is 2.32. The minimum atomic E-state index is -0.197. The lowest BCUT2D eigenvalue weighted by molar-refractivity contribution is 0.102. The van der Waals surface area contributed by atoms with E-state index in [1.807, 2.05) is 25.1 Å². The number of carbonyl (C=O) groups is 1. The summed E-state index contributed by atoms with van der Waals surface area (Å²) in [7, 11) is 0. The Morgan fingerprint density at radius 1 is 1.16 bits per heavy atom. The number of rotatable bonds is 3. The van der Waals surface area contributed by atoms with E-state index in [1.54, 1.807) is 18.2 Å². The van der Waals surface area contributed by atoms with E-state index in [4.69, 9.17) is 9.47 Å². The highest BCUT2D eigenvalue weighted by Gasteiger charge is 2.17. The van der Waals surface area contributed by atoms with E-state index in [1.165, 1.54) is 0 Å². The van der Waals surface area contributed by atoms with E-state index < -0.39 is 0 Å². The average molecular weight is 337 g/mol. The van der Waals surface area contributed by atoms with Crippen LogP contribution < -0.4 is 14.8 Å². The molecular weight excluding hydrogens is 318 g/mol. The van der Waals surface area contributed by atoms with Crippen molar-refractivity contribution in [3.63, 3.8) is 0 Å². The number of carbonyl (C=O) groups excluding carboxylic acids is 1. The van der Waals surface area contributed by atoms with Gasteiger partial charge in [-0.1, -0.05) is 0 Å². The first-order valence-electron chi connectivity index (χ1n) is 8.22. The van der Waals surface area contributed by atoms with Crippen molar-refractivity contribution in [2.75, 3.05) is 12.1 Å². The Hall–Kier alpha value is -3.02. The van der Waals surface area contributed by atoms with Gasteiger partial charge < -0.3 is 19.4 Å². The molecule has 25 heavy (non-hydrogen) atoms. The quantitative estimate of drug-likeness (QED) is 0.787. The van der Waals surface area contributed by atoms with Gasteiger partial charge in [0.15, 0.2) is 11.5 Å². The van der Waals surface area contributed by atoms with Crippen LogP contribution in [0.25, 0.3) is 11.0 Å². The summed E-state index contributed by atoms with van der Waals surface area (Å²) in [4.78, 5) is 17.1. The molecule has 0 aliphatic carbocycles. The van der Waals surface area contributed by atoms with Gasteiger partial charge in [-0.3, -0.25) is 4.79 Å². The second-order valence-corrected chi connectivity index (χ2v) is 6.35. The molecule has 3 aromatic rings. The van der Waals surface area contributed by atoms with Crippen LogP contribution in [0.2, 0.25) is 0 Å². The first-order chi connectivity index (χ1) is 12.0. The molecule has 0 spiro atoms. The molecule has 1 N–H and O–H groups in total. The van der Waals surface area contributed by atoms with Gasteiger partial charge in [0.05, 0.1) is 11.0 Å². The highest BCUT2D eigenvalue weighted by molar-refractivity contribution is 6.05. The molecular formula is C19H19N3O3. The van der Waals surface area contributed by atoms with E-state index >= 15 is 0 Å². The van der Waals surface area contributed by atoms with Crippen molar-refractivity contribution in [2.24, 2.45) is 0 Å². The fraction of sp³-hybridized carbons (Fsp3) is 0.263. The normalized spacial score (nSPS) is 12.8. The smallest absolute Gasteiger partial charge is 0.255 e. The zero-order chi connectivity index (χ0) is 17.6. The van der Waals surface area contributed by atoms with E-state index in [9.17, 15) is 4.79 Å². The maximum absolute atomic E-state index is 12.5. The van der Waals surface area contributed by atoms with Crippen molar-refractivity contribution < 1.29 is 14.3 Å². The summed E-state index contributed by atoms with van der Waals surface area (Å²) in [5.74, 6) is 2.02. The third-order valence-corrected chi connectivity index (χ3v) is 4.27. The number of amides is 1. The molecule has 0 atom stereocenters. The van der Waals surface area contributed by atoms with Gasteiger partial charge in [0.2, 0.25) is 6.79 Å². The van der Waals surface area contributed by atoms with Gasteiger partial charge in [-0.05, 0) is 57.2 Å². The summed E-state index contributed by atoms with van der Waals surface area (Å²) in [6.07, 6.45) is 0. The molecule has 0 unspecified atom stereocenters. The third kappa shape index (κ3) is 2.69. The van der Waals surface area contributed by atoms with Crippen LogP contribution >= 0.6 is 0 Å². The number of anilines is 1. The van der Waals surface area contributed by atoms with Crippen molar-refractivity contribution in [3.8, 4) is 11.5 Å². The van der Waals surface area contributed by atoms with Crippen LogP contribution in [0, 0.1) is 6.92 Å². The standard InChI is InChI=1S/C19H19N3O3/c1-11(2)22-12(3)20-15-9-14(5-6-16(15)22)21-19(23)13-4-7-17-18(8-13)25-10-24-17/h4-9,11H,10H2,1-3H3,(H,21,23). The second kappa shape index (κ2) is 5.81. The van der Waals surface area contributed by atoms with Gasteiger partial charge in [-0.15, -0.1) is 0 Å². The third-order valence-electron chi connectivity index (χ3n) is 4.27. The Bertz CT molecular complexity index is 975. The molecule has 6 heteroatoms. The summed E-state index contributed by atoms with van der Waals surface area (Å²) in [5.41, 5.74) is 3.17. The van der Waals surface area contributed by atoms with Crippen LogP contribution in [0.5, 0.6) is 11.5 Å². The van der Waals surface area contributed by atoms with E-state index in [-0.39, 0.29) is 12.7 Å². The van der Waals surface area contributed by atoms with Crippen molar-refractivity contribution in [1.82, 2.24) is 9.55 Å². The Labute approximate surface area is 145 Å². The molecule has 0 saturated carbocycles. The fourth-order valence-corrected chi connectivity index (χ4v) is 3.19. The number of benzene rings is 2. The molecule has 0 radical (unpaired) electrons. The van der Waals surface area contributed by atoms with Crippen molar-refractivity contribution >= 4 is 22.6 Å². The zero-order valence-electron chi connectivity index (χ0n) is 14.4. The molecule has 2 heterocycles. The first-order valence-corrected chi connectivity index (χ1v) is 8.22. The van der Waals surface area contributed by atoms with E-state index in [0.717, 1.165) is 16.9 Å². The summed E-state index contributed by atoms with van der Waals surface area (Å²) in [5, 5.41) is 2.91. The largest absolute Gasteiger partial charge is 0.454 e. The molecule has 0 fully saturated rings. The van der Waals surface area contributed by atoms with E-state index in [2.05, 4.69) is 28.7 Å². The molecule has 1 aliphatic rings. The molecule has 1 aliphatic heterocycles. The average Bonchev–Trinajstić information content (AvgIpc) is 3.16. The lowest BCUT2D eigenvalue weighted by Crippen LogP contribution is -2.11. The van der Waals surface area contributed by atoms with Crippen molar-refractivity contribution in [3.05, 3.63) is 47.8 Å².